The Bertz CT molecular complexity index is 2260. The monoisotopic (exact) mass is 734 g/mol. The minimum atomic E-state index is -2.99. The lowest BCUT2D eigenvalue weighted by Crippen LogP contribution is -2.69. The Labute approximate surface area is 332 Å². The lowest BCUT2D eigenvalue weighted by atomic mass is 9.94. The molecule has 0 aliphatic heterocycles. The van der Waals surface area contributed by atoms with E-state index in [1.165, 1.54) is 116 Å². The third kappa shape index (κ3) is 6.51. The van der Waals surface area contributed by atoms with Gasteiger partial charge in [0.25, 0.3) is 0 Å². The second kappa shape index (κ2) is 14.6. The molecule has 1 aliphatic rings. The molecule has 55 heavy (non-hydrogen) atoms. The number of allylic oxidation sites excluding steroid dienone is 4. The summed E-state index contributed by atoms with van der Waals surface area (Å²) in [4.78, 5) is 0. The van der Waals surface area contributed by atoms with E-state index in [4.69, 9.17) is 0 Å². The maximum absolute atomic E-state index is 2.99. The van der Waals surface area contributed by atoms with Crippen molar-refractivity contribution in [3.63, 3.8) is 0 Å². The largest absolute Gasteiger partial charge is 0.176 e. The number of hydrogen-bond acceptors (Lipinski definition) is 0. The Balaban J connectivity index is 1.64. The Hall–Kier alpha value is -4.98. The first kappa shape index (κ1) is 38.3. The third-order valence-electron chi connectivity index (χ3n) is 12.8. The Morgan fingerprint density at radius 1 is 0.364 bits per heavy atom. The van der Waals surface area contributed by atoms with Crippen molar-refractivity contribution in [1.82, 2.24) is 0 Å². The molecule has 6 aromatic carbocycles. The molecule has 0 amide bonds. The summed E-state index contributed by atoms with van der Waals surface area (Å²) in [5.74, 6) is 0.316. The van der Waals surface area contributed by atoms with Crippen molar-refractivity contribution in [2.75, 3.05) is 0 Å². The van der Waals surface area contributed by atoms with E-state index in [1.54, 1.807) is 5.20 Å². The van der Waals surface area contributed by atoms with Crippen LogP contribution in [-0.4, -0.2) is 8.07 Å². The highest BCUT2D eigenvalue weighted by Crippen LogP contribution is 2.43. The molecule has 0 spiro atoms. The van der Waals surface area contributed by atoms with Crippen LogP contribution < -0.4 is 15.6 Å². The molecule has 0 nitrogen and oxygen atoms in total. The van der Waals surface area contributed by atoms with E-state index in [9.17, 15) is 0 Å². The highest BCUT2D eigenvalue weighted by molar-refractivity contribution is 7.16. The van der Waals surface area contributed by atoms with Gasteiger partial charge in [-0.15, -0.1) is 0 Å². The van der Waals surface area contributed by atoms with E-state index in [0.717, 1.165) is 0 Å². The average molecular weight is 735 g/mol. The lowest BCUT2D eigenvalue weighted by molar-refractivity contribution is 0.851. The van der Waals surface area contributed by atoms with E-state index >= 15 is 0 Å². The van der Waals surface area contributed by atoms with Gasteiger partial charge in [-0.1, -0.05) is 149 Å². The van der Waals surface area contributed by atoms with E-state index in [2.05, 4.69) is 199 Å². The van der Waals surface area contributed by atoms with E-state index in [1.807, 2.05) is 0 Å². The van der Waals surface area contributed by atoms with Crippen LogP contribution in [0.3, 0.4) is 0 Å². The maximum atomic E-state index is 2.58. The van der Waals surface area contributed by atoms with Crippen molar-refractivity contribution in [3.8, 4) is 33.4 Å². The van der Waals surface area contributed by atoms with E-state index in [-0.39, 0.29) is 0 Å². The molecule has 0 saturated heterocycles. The minimum Gasteiger partial charge on any atom is -0.0636 e. The Kier molecular flexibility index (Phi) is 10.2. The number of aryl methyl sites for hydroxylation is 9. The summed E-state index contributed by atoms with van der Waals surface area (Å²) in [6.45, 7) is 29.9. The predicted octanol–water partition coefficient (Wildman–Crippen LogP) is 12.8. The van der Waals surface area contributed by atoms with E-state index < -0.39 is 8.07 Å². The standard InChI is InChI=1S/C54H58Si/c1-32-23-35(4)51(36(5)24-32)45-17-14-20-48(29-45)55(54-43(12)41(10)42(11)44(54)13,49-21-15-18-46(30-49)52-37(6)25-33(2)26-38(52)7)50-22-16-19-47(31-50)53-39(8)27-34(3)28-40(53)9/h14-31,43H,1-13H3. The summed E-state index contributed by atoms with van der Waals surface area (Å²) in [6.07, 6.45) is 0. The van der Waals surface area contributed by atoms with Crippen LogP contribution in [0.15, 0.2) is 131 Å². The van der Waals surface area contributed by atoms with Gasteiger partial charge in [-0.05, 0) is 177 Å². The molecular weight excluding hydrogens is 677 g/mol. The second-order valence-electron chi connectivity index (χ2n) is 16.9. The van der Waals surface area contributed by atoms with Crippen molar-refractivity contribution in [2.24, 2.45) is 5.92 Å². The van der Waals surface area contributed by atoms with Gasteiger partial charge in [-0.2, -0.15) is 0 Å². The van der Waals surface area contributed by atoms with Crippen LogP contribution in [0.2, 0.25) is 0 Å². The van der Waals surface area contributed by atoms with Gasteiger partial charge in [0.05, 0.1) is 0 Å². The van der Waals surface area contributed by atoms with Crippen LogP contribution in [-0.2, 0) is 0 Å². The van der Waals surface area contributed by atoms with Gasteiger partial charge in [-0.25, -0.2) is 0 Å². The predicted molar refractivity (Wildman–Crippen MR) is 243 cm³/mol. The molecule has 0 radical (unpaired) electrons. The second-order valence-corrected chi connectivity index (χ2v) is 20.7. The summed E-state index contributed by atoms with van der Waals surface area (Å²) in [6, 6.07) is 43.2. The van der Waals surface area contributed by atoms with Gasteiger partial charge in [0.15, 0.2) is 8.07 Å². The highest BCUT2D eigenvalue weighted by Gasteiger charge is 2.48. The van der Waals surface area contributed by atoms with Crippen LogP contribution >= 0.6 is 0 Å². The molecular formula is C54H58Si. The fourth-order valence-corrected chi connectivity index (χ4v) is 16.3. The van der Waals surface area contributed by atoms with Gasteiger partial charge < -0.3 is 0 Å². The fraction of sp³-hybridized carbons (Fsp3) is 0.259. The maximum Gasteiger partial charge on any atom is 0.176 e. The van der Waals surface area contributed by atoms with Gasteiger partial charge in [-0.3, -0.25) is 0 Å². The van der Waals surface area contributed by atoms with Crippen molar-refractivity contribution in [2.45, 2.75) is 90.0 Å². The Morgan fingerprint density at radius 3 is 0.909 bits per heavy atom. The number of benzene rings is 6. The molecule has 0 N–H and O–H groups in total. The summed E-state index contributed by atoms with van der Waals surface area (Å²) >= 11 is 0. The molecule has 0 aromatic heterocycles. The van der Waals surface area contributed by atoms with Crippen LogP contribution in [0.4, 0.5) is 0 Å². The topological polar surface area (TPSA) is 0 Å². The molecule has 1 atom stereocenters. The zero-order chi connectivity index (χ0) is 39.5. The number of rotatable bonds is 7. The first-order valence-corrected chi connectivity index (χ1v) is 22.1. The molecule has 1 aliphatic carbocycles. The van der Waals surface area contributed by atoms with Crippen molar-refractivity contribution >= 4 is 23.6 Å². The molecule has 6 aromatic rings. The SMILES string of the molecule is CC1=C(C)C(C)C([Si](c2cccc(-c3c(C)cc(C)cc3C)c2)(c2cccc(-c3c(C)cc(C)cc3C)c2)c2cccc(-c3c(C)cc(C)cc3C)c2)=C1C. The first-order chi connectivity index (χ1) is 26.1. The number of hydrogen-bond donors (Lipinski definition) is 0. The molecule has 0 saturated carbocycles. The fourth-order valence-electron chi connectivity index (χ4n) is 10.6. The van der Waals surface area contributed by atoms with Crippen molar-refractivity contribution in [3.05, 3.63) is 181 Å². The highest BCUT2D eigenvalue weighted by atomic mass is 28.3. The summed E-state index contributed by atoms with van der Waals surface area (Å²) in [5.41, 5.74) is 24.3. The van der Waals surface area contributed by atoms with Crippen LogP contribution in [0.5, 0.6) is 0 Å². The molecule has 1 unspecified atom stereocenters. The van der Waals surface area contributed by atoms with Crippen LogP contribution in [0.1, 0.15) is 77.8 Å². The normalized spacial score (nSPS) is 14.7. The molecule has 0 fully saturated rings. The summed E-state index contributed by atoms with van der Waals surface area (Å²) in [7, 11) is -2.99. The van der Waals surface area contributed by atoms with Crippen LogP contribution in [0.25, 0.3) is 33.4 Å². The van der Waals surface area contributed by atoms with Gasteiger partial charge in [0.1, 0.15) is 0 Å². The molecule has 278 valence electrons. The zero-order valence-electron chi connectivity index (χ0n) is 35.5. The van der Waals surface area contributed by atoms with Crippen molar-refractivity contribution < 1.29 is 0 Å². The summed E-state index contributed by atoms with van der Waals surface area (Å²) < 4.78 is 0. The van der Waals surface area contributed by atoms with E-state index in [0.29, 0.717) is 5.92 Å². The van der Waals surface area contributed by atoms with Gasteiger partial charge in [0.2, 0.25) is 0 Å². The summed E-state index contributed by atoms with van der Waals surface area (Å²) in [5, 5.41) is 5.94. The molecule has 0 heterocycles. The smallest absolute Gasteiger partial charge is 0.0636 e. The zero-order valence-corrected chi connectivity index (χ0v) is 36.5. The first-order valence-electron chi connectivity index (χ1n) is 20.1. The minimum absolute atomic E-state index is 0.316. The average Bonchev–Trinajstić information content (AvgIpc) is 3.30. The van der Waals surface area contributed by atoms with Gasteiger partial charge in [0, 0.05) is 0 Å². The Morgan fingerprint density at radius 2 is 0.655 bits per heavy atom. The third-order valence-corrected chi connectivity index (χ3v) is 18.0. The molecule has 7 rings (SSSR count). The quantitative estimate of drug-likeness (QED) is 0.113. The lowest BCUT2D eigenvalue weighted by Gasteiger charge is -2.39. The molecule has 1 heteroatoms. The molecule has 0 bridgehead atoms. The van der Waals surface area contributed by atoms with Gasteiger partial charge >= 0.3 is 0 Å². The van der Waals surface area contributed by atoms with Crippen LogP contribution in [0, 0.1) is 68.2 Å². The van der Waals surface area contributed by atoms with Crippen molar-refractivity contribution in [1.29, 1.82) is 0 Å².